The number of ether oxygens (including phenoxy) is 5. The van der Waals surface area contributed by atoms with Gasteiger partial charge >= 0.3 is 17.9 Å². The molecular weight excluding hydrogens is 482 g/mol. The Morgan fingerprint density at radius 2 is 1.51 bits per heavy atom. The highest BCUT2D eigenvalue weighted by Gasteiger charge is 2.26. The van der Waals surface area contributed by atoms with Crippen LogP contribution in [0.2, 0.25) is 0 Å². The minimum Gasteiger partial charge on any atom is -0.490 e. The molecule has 1 aromatic carbocycles. The van der Waals surface area contributed by atoms with E-state index in [0.29, 0.717) is 25.2 Å². The summed E-state index contributed by atoms with van der Waals surface area (Å²) in [5.41, 5.74) is 3.30. The van der Waals surface area contributed by atoms with Gasteiger partial charge in [-0.3, -0.25) is 5.43 Å². The van der Waals surface area contributed by atoms with Crippen LogP contribution in [0.1, 0.15) is 75.2 Å². The van der Waals surface area contributed by atoms with E-state index in [-0.39, 0.29) is 65.7 Å². The van der Waals surface area contributed by atoms with Crippen molar-refractivity contribution < 1.29 is 38.1 Å². The van der Waals surface area contributed by atoms with Crippen molar-refractivity contribution in [1.29, 1.82) is 0 Å². The summed E-state index contributed by atoms with van der Waals surface area (Å²) in [4.78, 5) is 42.5. The fourth-order valence-electron chi connectivity index (χ4n) is 3.23. The van der Waals surface area contributed by atoms with Gasteiger partial charge in [0.2, 0.25) is 0 Å². The number of nitrogens with zero attached hydrogens (tertiary/aromatic N) is 2. The lowest BCUT2D eigenvalue weighted by molar-refractivity contribution is -0.135. The van der Waals surface area contributed by atoms with Gasteiger partial charge in [-0.15, -0.1) is 0 Å². The number of carbonyl (C=O) groups excluding carboxylic acids is 3. The number of nitrogens with one attached hydrogen (secondary N) is 1. The van der Waals surface area contributed by atoms with E-state index in [1.165, 1.54) is 13.0 Å². The number of carbonyl (C=O) groups is 3. The summed E-state index contributed by atoms with van der Waals surface area (Å²) in [6.45, 7) is 11.6. The van der Waals surface area contributed by atoms with E-state index in [0.717, 1.165) is 0 Å². The zero-order valence-electron chi connectivity index (χ0n) is 22.3. The van der Waals surface area contributed by atoms with Gasteiger partial charge in [0, 0.05) is 11.5 Å². The van der Waals surface area contributed by atoms with Gasteiger partial charge in [0.1, 0.15) is 16.9 Å². The number of aromatic nitrogens is 1. The number of hydrogen-bond acceptors (Lipinski definition) is 11. The van der Waals surface area contributed by atoms with Gasteiger partial charge < -0.3 is 23.7 Å². The average molecular weight is 518 g/mol. The fraction of sp³-hybridized carbons (Fsp3) is 0.500. The quantitative estimate of drug-likeness (QED) is 0.165. The number of rotatable bonds is 14. The van der Waals surface area contributed by atoms with Gasteiger partial charge in [0.05, 0.1) is 44.3 Å². The van der Waals surface area contributed by atoms with Crippen LogP contribution in [0.25, 0.3) is 10.9 Å². The van der Waals surface area contributed by atoms with Crippen LogP contribution in [0.4, 0.5) is 5.69 Å². The molecule has 0 unspecified atom stereocenters. The molecule has 1 aromatic heterocycles. The summed E-state index contributed by atoms with van der Waals surface area (Å²) in [7, 11) is 0. The van der Waals surface area contributed by atoms with E-state index in [9.17, 15) is 14.4 Å². The average Bonchev–Trinajstić information content (AvgIpc) is 2.89. The van der Waals surface area contributed by atoms with Crippen molar-refractivity contribution in [2.45, 2.75) is 54.4 Å². The van der Waals surface area contributed by atoms with Gasteiger partial charge in [-0.05, 0) is 46.6 Å². The molecule has 0 fully saturated rings. The summed E-state index contributed by atoms with van der Waals surface area (Å²) in [5, 5.41) is 4.40. The topological polar surface area (TPSA) is 135 Å². The molecule has 11 heteroatoms. The molecule has 11 nitrogen and oxygen atoms in total. The molecule has 0 saturated heterocycles. The van der Waals surface area contributed by atoms with Gasteiger partial charge in [0.15, 0.2) is 11.5 Å². The predicted molar refractivity (Wildman–Crippen MR) is 139 cm³/mol. The summed E-state index contributed by atoms with van der Waals surface area (Å²) < 4.78 is 27.3. The number of esters is 3. The molecule has 2 rings (SSSR count). The van der Waals surface area contributed by atoms with Crippen LogP contribution >= 0.6 is 0 Å². The predicted octanol–water partition coefficient (Wildman–Crippen LogP) is 4.52. The summed E-state index contributed by atoms with van der Waals surface area (Å²) >= 11 is 0. The third kappa shape index (κ3) is 7.55. The van der Waals surface area contributed by atoms with Crippen molar-refractivity contribution in [3.8, 4) is 11.5 Å². The molecule has 0 aliphatic rings. The largest absolute Gasteiger partial charge is 0.490 e. The molecule has 0 spiro atoms. The van der Waals surface area contributed by atoms with Gasteiger partial charge in [-0.2, -0.15) is 5.10 Å². The first-order valence-corrected chi connectivity index (χ1v) is 12.4. The number of pyridine rings is 1. The third-order valence-electron chi connectivity index (χ3n) is 4.81. The Labute approximate surface area is 216 Å². The number of fused-ring (bicyclic) bond motifs is 1. The number of hydrazone groups is 1. The number of anilines is 1. The van der Waals surface area contributed by atoms with E-state index >= 15 is 0 Å². The second kappa shape index (κ2) is 14.6. The van der Waals surface area contributed by atoms with Gasteiger partial charge in [0.25, 0.3) is 0 Å². The van der Waals surface area contributed by atoms with E-state index < -0.39 is 17.9 Å². The molecule has 0 aliphatic carbocycles. The van der Waals surface area contributed by atoms with Crippen molar-refractivity contribution in [2.24, 2.45) is 5.10 Å². The Kier molecular flexibility index (Phi) is 11.6. The van der Waals surface area contributed by atoms with Crippen LogP contribution in [0, 0.1) is 0 Å². The van der Waals surface area contributed by atoms with Crippen molar-refractivity contribution >= 4 is 40.2 Å². The normalized spacial score (nSPS) is 11.1. The van der Waals surface area contributed by atoms with E-state index in [1.807, 2.05) is 13.8 Å². The maximum absolute atomic E-state index is 13.2. The first-order valence-electron chi connectivity index (χ1n) is 12.4. The third-order valence-corrected chi connectivity index (χ3v) is 4.81. The molecule has 0 atom stereocenters. The minimum absolute atomic E-state index is 0.0531. The Hall–Kier alpha value is -3.89. The second-order valence-electron chi connectivity index (χ2n) is 7.70. The fourth-order valence-corrected chi connectivity index (χ4v) is 3.23. The summed E-state index contributed by atoms with van der Waals surface area (Å²) in [5.74, 6) is -1.41. The molecule has 1 N–H and O–H groups in total. The molecule has 1 heterocycles. The van der Waals surface area contributed by atoms with Crippen LogP contribution in [0.3, 0.4) is 0 Å². The SMILES string of the molecule is CCCOC(=O)c1cc(C(=O)OCCC)c2c(N/N=C(/C)C(=O)OCC)cc(OCC)c(OCC)c2n1. The van der Waals surface area contributed by atoms with Crippen molar-refractivity contribution in [1.82, 2.24) is 4.98 Å². The molecule has 0 saturated carbocycles. The lowest BCUT2D eigenvalue weighted by Gasteiger charge is -2.18. The minimum atomic E-state index is -0.691. The standard InChI is InChI=1S/C26H35N3O8/c1-7-12-36-25(31)17-14-19(26(32)37-13-8-2)27-22-21(17)18(29-28-16(6)24(30)35-11-5)15-20(33-9-3)23(22)34-10-4/h14-15,29H,7-13H2,1-6H3/b28-16-. The highest BCUT2D eigenvalue weighted by atomic mass is 16.5. The lowest BCUT2D eigenvalue weighted by Crippen LogP contribution is -2.16. The molecule has 0 aliphatic heterocycles. The molecule has 0 bridgehead atoms. The van der Waals surface area contributed by atoms with Crippen LogP contribution in [0.15, 0.2) is 17.2 Å². The lowest BCUT2D eigenvalue weighted by atomic mass is 10.0. The molecule has 37 heavy (non-hydrogen) atoms. The first kappa shape index (κ1) is 29.3. The molecule has 202 valence electrons. The smallest absolute Gasteiger partial charge is 0.356 e. The summed E-state index contributed by atoms with van der Waals surface area (Å²) in [6, 6.07) is 2.91. The van der Waals surface area contributed by atoms with Crippen LogP contribution in [-0.4, -0.2) is 61.6 Å². The molecule has 0 radical (unpaired) electrons. The maximum Gasteiger partial charge on any atom is 0.356 e. The Bertz CT molecular complexity index is 1150. The number of benzene rings is 1. The van der Waals surface area contributed by atoms with Crippen LogP contribution in [0.5, 0.6) is 11.5 Å². The zero-order valence-corrected chi connectivity index (χ0v) is 22.3. The Balaban J connectivity index is 2.87. The zero-order chi connectivity index (χ0) is 27.4. The van der Waals surface area contributed by atoms with Gasteiger partial charge in [-0.25, -0.2) is 19.4 Å². The number of hydrogen-bond donors (Lipinski definition) is 1. The van der Waals surface area contributed by atoms with Crippen molar-refractivity contribution in [2.75, 3.05) is 38.5 Å². The van der Waals surface area contributed by atoms with E-state index in [2.05, 4.69) is 15.5 Å². The second-order valence-corrected chi connectivity index (χ2v) is 7.70. The van der Waals surface area contributed by atoms with Crippen LogP contribution < -0.4 is 14.9 Å². The summed E-state index contributed by atoms with van der Waals surface area (Å²) in [6.07, 6.45) is 1.22. The van der Waals surface area contributed by atoms with E-state index in [4.69, 9.17) is 23.7 Å². The molecule has 0 amide bonds. The van der Waals surface area contributed by atoms with Crippen molar-refractivity contribution in [3.63, 3.8) is 0 Å². The van der Waals surface area contributed by atoms with Gasteiger partial charge in [-0.1, -0.05) is 13.8 Å². The Morgan fingerprint density at radius 1 is 0.865 bits per heavy atom. The van der Waals surface area contributed by atoms with Crippen LogP contribution in [-0.2, 0) is 19.0 Å². The highest BCUT2D eigenvalue weighted by Crippen LogP contribution is 2.42. The molecule has 2 aromatic rings. The molecular formula is C26H35N3O8. The first-order chi connectivity index (χ1) is 17.8. The maximum atomic E-state index is 13.2. The van der Waals surface area contributed by atoms with Crippen molar-refractivity contribution in [3.05, 3.63) is 23.4 Å². The highest BCUT2D eigenvalue weighted by molar-refractivity contribution is 6.35. The Morgan fingerprint density at radius 3 is 2.11 bits per heavy atom. The monoisotopic (exact) mass is 517 g/mol. The van der Waals surface area contributed by atoms with E-state index in [1.54, 1.807) is 26.8 Å².